The number of hydrogen-bond acceptors (Lipinski definition) is 2. The van der Waals surface area contributed by atoms with Crippen LogP contribution in [-0.2, 0) is 6.42 Å². The van der Waals surface area contributed by atoms with Crippen molar-refractivity contribution in [2.75, 3.05) is 0 Å². The van der Waals surface area contributed by atoms with Gasteiger partial charge in [0.1, 0.15) is 0 Å². The third kappa shape index (κ3) is 2.12. The third-order valence-electron chi connectivity index (χ3n) is 1.29. The highest BCUT2D eigenvalue weighted by Crippen LogP contribution is 2.16. The van der Waals surface area contributed by atoms with E-state index in [2.05, 4.69) is 19.1 Å². The smallest absolute Gasteiger partial charge is 0.0560 e. The highest BCUT2D eigenvalue weighted by atomic mass is 32.1. The van der Waals surface area contributed by atoms with E-state index in [1.165, 1.54) is 9.75 Å². The Labute approximate surface area is 65.3 Å². The lowest BCUT2D eigenvalue weighted by Gasteiger charge is -1.98. The van der Waals surface area contributed by atoms with E-state index < -0.39 is 0 Å². The molecule has 1 aromatic rings. The number of aliphatic hydroxyl groups is 1. The molecule has 0 aliphatic heterocycles. The first-order valence-electron chi connectivity index (χ1n) is 3.42. The van der Waals surface area contributed by atoms with Crippen LogP contribution in [0.1, 0.15) is 16.7 Å². The molecule has 1 heterocycles. The molecule has 1 rings (SSSR count). The van der Waals surface area contributed by atoms with Crippen LogP contribution >= 0.6 is 11.3 Å². The Bertz CT molecular complexity index is 203. The summed E-state index contributed by atoms with van der Waals surface area (Å²) < 4.78 is 0. The van der Waals surface area contributed by atoms with Gasteiger partial charge in [-0.05, 0) is 26.0 Å². The predicted octanol–water partition coefficient (Wildman–Crippen LogP) is 1.98. The molecule has 0 amide bonds. The first-order valence-corrected chi connectivity index (χ1v) is 4.23. The van der Waals surface area contributed by atoms with Crippen molar-refractivity contribution in [3.05, 3.63) is 21.9 Å². The molecule has 2 heteroatoms. The fraction of sp³-hybridized carbons (Fsp3) is 0.500. The van der Waals surface area contributed by atoms with E-state index in [4.69, 9.17) is 5.11 Å². The molecule has 0 saturated carbocycles. The van der Waals surface area contributed by atoms with E-state index in [1.807, 2.05) is 6.92 Å². The van der Waals surface area contributed by atoms with Crippen LogP contribution in [0.5, 0.6) is 0 Å². The minimum Gasteiger partial charge on any atom is -0.393 e. The van der Waals surface area contributed by atoms with E-state index in [9.17, 15) is 0 Å². The summed E-state index contributed by atoms with van der Waals surface area (Å²) in [7, 11) is 0. The van der Waals surface area contributed by atoms with Gasteiger partial charge < -0.3 is 5.11 Å². The van der Waals surface area contributed by atoms with Crippen molar-refractivity contribution >= 4 is 11.3 Å². The summed E-state index contributed by atoms with van der Waals surface area (Å²) in [4.78, 5) is 2.59. The zero-order chi connectivity index (χ0) is 7.56. The van der Waals surface area contributed by atoms with Crippen LogP contribution < -0.4 is 0 Å². The molecule has 1 N–H and O–H groups in total. The van der Waals surface area contributed by atoms with E-state index >= 15 is 0 Å². The second kappa shape index (κ2) is 3.17. The van der Waals surface area contributed by atoms with Crippen LogP contribution in [0.15, 0.2) is 12.1 Å². The van der Waals surface area contributed by atoms with Gasteiger partial charge in [0.2, 0.25) is 0 Å². The Morgan fingerprint density at radius 3 is 2.70 bits per heavy atom. The lowest BCUT2D eigenvalue weighted by Crippen LogP contribution is -2.01. The van der Waals surface area contributed by atoms with Gasteiger partial charge in [0, 0.05) is 16.2 Å². The molecule has 1 unspecified atom stereocenters. The highest BCUT2D eigenvalue weighted by molar-refractivity contribution is 7.11. The van der Waals surface area contributed by atoms with E-state index in [0.29, 0.717) is 0 Å². The lowest BCUT2D eigenvalue weighted by atomic mass is 10.2. The van der Waals surface area contributed by atoms with Gasteiger partial charge in [-0.15, -0.1) is 11.3 Å². The fourth-order valence-corrected chi connectivity index (χ4v) is 1.90. The average Bonchev–Trinajstić information content (AvgIpc) is 2.13. The topological polar surface area (TPSA) is 20.2 Å². The largest absolute Gasteiger partial charge is 0.393 e. The van der Waals surface area contributed by atoms with Crippen molar-refractivity contribution < 1.29 is 5.11 Å². The van der Waals surface area contributed by atoms with Crippen molar-refractivity contribution in [2.24, 2.45) is 0 Å². The van der Waals surface area contributed by atoms with Crippen molar-refractivity contribution in [1.82, 2.24) is 0 Å². The Balaban J connectivity index is 2.58. The second-order valence-corrected chi connectivity index (χ2v) is 3.94. The summed E-state index contributed by atoms with van der Waals surface area (Å²) in [5.41, 5.74) is 0. The van der Waals surface area contributed by atoms with Crippen LogP contribution in [0, 0.1) is 6.92 Å². The van der Waals surface area contributed by atoms with Crippen LogP contribution in [0.25, 0.3) is 0 Å². The van der Waals surface area contributed by atoms with Gasteiger partial charge in [0.25, 0.3) is 0 Å². The average molecular weight is 156 g/mol. The van der Waals surface area contributed by atoms with Crippen LogP contribution in [0.4, 0.5) is 0 Å². The van der Waals surface area contributed by atoms with Gasteiger partial charge in [-0.3, -0.25) is 0 Å². The van der Waals surface area contributed by atoms with E-state index in [1.54, 1.807) is 11.3 Å². The van der Waals surface area contributed by atoms with E-state index in [0.717, 1.165) is 6.42 Å². The number of aliphatic hydroxyl groups excluding tert-OH is 1. The molecule has 0 spiro atoms. The quantitative estimate of drug-likeness (QED) is 0.694. The SMILES string of the molecule is Cc1ccc(CC(C)O)s1. The zero-order valence-corrected chi connectivity index (χ0v) is 7.11. The number of rotatable bonds is 2. The Kier molecular flexibility index (Phi) is 2.46. The maximum absolute atomic E-state index is 9.02. The van der Waals surface area contributed by atoms with Gasteiger partial charge in [0.15, 0.2) is 0 Å². The molecular weight excluding hydrogens is 144 g/mol. The fourth-order valence-electron chi connectivity index (χ4n) is 0.886. The molecule has 1 nitrogen and oxygen atoms in total. The maximum Gasteiger partial charge on any atom is 0.0560 e. The molecule has 56 valence electrons. The number of aryl methyl sites for hydroxylation is 1. The first kappa shape index (κ1) is 7.76. The molecule has 0 bridgehead atoms. The van der Waals surface area contributed by atoms with Gasteiger partial charge in [-0.2, -0.15) is 0 Å². The minimum absolute atomic E-state index is 0.210. The molecule has 10 heavy (non-hydrogen) atoms. The normalized spacial score (nSPS) is 13.5. The Hall–Kier alpha value is -0.340. The molecule has 0 aromatic carbocycles. The monoisotopic (exact) mass is 156 g/mol. The number of thiophene rings is 1. The molecule has 0 aliphatic carbocycles. The molecule has 1 atom stereocenters. The summed E-state index contributed by atoms with van der Waals surface area (Å²) in [6.45, 7) is 3.89. The molecular formula is C8H12OS. The summed E-state index contributed by atoms with van der Waals surface area (Å²) >= 11 is 1.76. The van der Waals surface area contributed by atoms with Crippen molar-refractivity contribution in [3.63, 3.8) is 0 Å². The summed E-state index contributed by atoms with van der Waals surface area (Å²) in [5.74, 6) is 0. The standard InChI is InChI=1S/C8H12OS/c1-6(9)5-8-4-3-7(2)10-8/h3-4,6,9H,5H2,1-2H3. The Morgan fingerprint density at radius 2 is 2.30 bits per heavy atom. The molecule has 0 aliphatic rings. The van der Waals surface area contributed by atoms with Crippen LogP contribution in [0.3, 0.4) is 0 Å². The summed E-state index contributed by atoms with van der Waals surface area (Å²) in [6.07, 6.45) is 0.580. The first-order chi connectivity index (χ1) is 4.68. The summed E-state index contributed by atoms with van der Waals surface area (Å²) in [5, 5.41) is 9.02. The third-order valence-corrected chi connectivity index (χ3v) is 2.32. The molecule has 0 saturated heterocycles. The minimum atomic E-state index is -0.210. The van der Waals surface area contributed by atoms with Crippen LogP contribution in [0.2, 0.25) is 0 Å². The van der Waals surface area contributed by atoms with Gasteiger partial charge in [0.05, 0.1) is 6.10 Å². The second-order valence-electron chi connectivity index (χ2n) is 2.57. The van der Waals surface area contributed by atoms with Crippen molar-refractivity contribution in [2.45, 2.75) is 26.4 Å². The van der Waals surface area contributed by atoms with E-state index in [-0.39, 0.29) is 6.10 Å². The van der Waals surface area contributed by atoms with Crippen LogP contribution in [-0.4, -0.2) is 11.2 Å². The van der Waals surface area contributed by atoms with Crippen molar-refractivity contribution in [1.29, 1.82) is 0 Å². The van der Waals surface area contributed by atoms with Gasteiger partial charge in [-0.1, -0.05) is 0 Å². The molecule has 0 fully saturated rings. The zero-order valence-electron chi connectivity index (χ0n) is 6.29. The Morgan fingerprint density at radius 1 is 1.60 bits per heavy atom. The molecule has 1 aromatic heterocycles. The lowest BCUT2D eigenvalue weighted by molar-refractivity contribution is 0.196. The highest BCUT2D eigenvalue weighted by Gasteiger charge is 1.99. The summed E-state index contributed by atoms with van der Waals surface area (Å²) in [6, 6.07) is 4.16. The van der Waals surface area contributed by atoms with Crippen molar-refractivity contribution in [3.8, 4) is 0 Å². The van der Waals surface area contributed by atoms with Gasteiger partial charge >= 0.3 is 0 Å². The maximum atomic E-state index is 9.02. The number of hydrogen-bond donors (Lipinski definition) is 1. The molecule has 0 radical (unpaired) electrons. The van der Waals surface area contributed by atoms with Gasteiger partial charge in [-0.25, -0.2) is 0 Å². The predicted molar refractivity (Wildman–Crippen MR) is 44.4 cm³/mol.